The first-order valence-electron chi connectivity index (χ1n) is 8.37. The van der Waals surface area contributed by atoms with E-state index in [0.717, 1.165) is 22.6 Å². The molecule has 1 amide bonds. The number of hydrogen-bond donors (Lipinski definition) is 1. The smallest absolute Gasteiger partial charge is 0.250 e. The van der Waals surface area contributed by atoms with E-state index in [2.05, 4.69) is 10.3 Å². The number of benzene rings is 2. The molecule has 132 valence electrons. The predicted octanol–water partition coefficient (Wildman–Crippen LogP) is 5.25. The van der Waals surface area contributed by atoms with Crippen molar-refractivity contribution in [3.8, 4) is 17.0 Å². The number of aromatic nitrogens is 1. The Morgan fingerprint density at radius 2 is 1.96 bits per heavy atom. The van der Waals surface area contributed by atoms with Crippen molar-refractivity contribution in [3.63, 3.8) is 0 Å². The Kier molecular flexibility index (Phi) is 5.81. The molecular formula is C21H20N2O2S. The summed E-state index contributed by atoms with van der Waals surface area (Å²) < 4.78 is 5.66. The summed E-state index contributed by atoms with van der Waals surface area (Å²) in [5.41, 5.74) is 2.79. The third-order valence-corrected chi connectivity index (χ3v) is 4.22. The van der Waals surface area contributed by atoms with Crippen LogP contribution in [0.5, 0.6) is 5.75 Å². The van der Waals surface area contributed by atoms with Gasteiger partial charge in [0.05, 0.1) is 11.8 Å². The number of thiazole rings is 1. The minimum Gasteiger partial charge on any atom is -0.491 e. The van der Waals surface area contributed by atoms with Crippen molar-refractivity contribution in [3.05, 3.63) is 71.6 Å². The number of rotatable bonds is 6. The van der Waals surface area contributed by atoms with Crippen LogP contribution in [0, 0.1) is 0 Å². The second kappa shape index (κ2) is 8.45. The fourth-order valence-electron chi connectivity index (χ4n) is 2.36. The van der Waals surface area contributed by atoms with E-state index < -0.39 is 0 Å². The number of hydrogen-bond acceptors (Lipinski definition) is 4. The number of ether oxygens (including phenoxy) is 1. The SMILES string of the molecule is CC(C)Oc1cccc(/C=C/C(=O)Nc2nc(-c3ccccc3)cs2)c1. The summed E-state index contributed by atoms with van der Waals surface area (Å²) in [6, 6.07) is 17.5. The molecule has 0 radical (unpaired) electrons. The Balaban J connectivity index is 1.62. The highest BCUT2D eigenvalue weighted by atomic mass is 32.1. The van der Waals surface area contributed by atoms with Gasteiger partial charge in [-0.15, -0.1) is 11.3 Å². The summed E-state index contributed by atoms with van der Waals surface area (Å²) in [5.74, 6) is 0.573. The van der Waals surface area contributed by atoms with Crippen molar-refractivity contribution in [2.45, 2.75) is 20.0 Å². The Labute approximate surface area is 157 Å². The van der Waals surface area contributed by atoms with Gasteiger partial charge in [-0.3, -0.25) is 10.1 Å². The van der Waals surface area contributed by atoms with Gasteiger partial charge in [0.15, 0.2) is 5.13 Å². The third-order valence-electron chi connectivity index (χ3n) is 3.46. The molecule has 0 unspecified atom stereocenters. The van der Waals surface area contributed by atoms with Gasteiger partial charge in [-0.1, -0.05) is 42.5 Å². The molecule has 26 heavy (non-hydrogen) atoms. The van der Waals surface area contributed by atoms with E-state index >= 15 is 0 Å². The number of carbonyl (C=O) groups excluding carboxylic acids is 1. The molecule has 0 fully saturated rings. The van der Waals surface area contributed by atoms with Gasteiger partial charge in [0, 0.05) is 17.0 Å². The topological polar surface area (TPSA) is 51.2 Å². The van der Waals surface area contributed by atoms with E-state index in [1.807, 2.05) is 73.8 Å². The zero-order valence-electron chi connectivity index (χ0n) is 14.7. The normalized spacial score (nSPS) is 11.0. The fourth-order valence-corrected chi connectivity index (χ4v) is 3.08. The predicted molar refractivity (Wildman–Crippen MR) is 107 cm³/mol. The molecule has 0 atom stereocenters. The van der Waals surface area contributed by atoms with Crippen LogP contribution in [0.3, 0.4) is 0 Å². The second-order valence-corrected chi connectivity index (χ2v) is 6.82. The molecule has 0 aliphatic carbocycles. The van der Waals surface area contributed by atoms with Gasteiger partial charge >= 0.3 is 0 Å². The lowest BCUT2D eigenvalue weighted by molar-refractivity contribution is -0.111. The summed E-state index contributed by atoms with van der Waals surface area (Å²) >= 11 is 1.41. The van der Waals surface area contributed by atoms with E-state index in [-0.39, 0.29) is 12.0 Å². The number of nitrogens with zero attached hydrogens (tertiary/aromatic N) is 1. The number of amides is 1. The van der Waals surface area contributed by atoms with Crippen molar-refractivity contribution >= 4 is 28.5 Å². The van der Waals surface area contributed by atoms with Gasteiger partial charge in [0.2, 0.25) is 5.91 Å². The lowest BCUT2D eigenvalue weighted by Gasteiger charge is -2.09. The van der Waals surface area contributed by atoms with E-state index in [0.29, 0.717) is 5.13 Å². The lowest BCUT2D eigenvalue weighted by atomic mass is 10.2. The summed E-state index contributed by atoms with van der Waals surface area (Å²) in [7, 11) is 0. The van der Waals surface area contributed by atoms with Crippen LogP contribution < -0.4 is 10.1 Å². The molecule has 5 heteroatoms. The van der Waals surface area contributed by atoms with Crippen LogP contribution in [0.25, 0.3) is 17.3 Å². The first kappa shape index (κ1) is 17.9. The highest BCUT2D eigenvalue weighted by Gasteiger charge is 2.06. The first-order valence-corrected chi connectivity index (χ1v) is 9.25. The molecule has 0 aliphatic rings. The van der Waals surface area contributed by atoms with Gasteiger partial charge in [-0.25, -0.2) is 4.98 Å². The van der Waals surface area contributed by atoms with Gasteiger partial charge in [0.25, 0.3) is 0 Å². The standard InChI is InChI=1S/C21H20N2O2S/c1-15(2)25-18-10-6-7-16(13-18)11-12-20(24)23-21-22-19(14-26-21)17-8-4-3-5-9-17/h3-15H,1-2H3,(H,22,23,24)/b12-11+. The molecule has 0 bridgehead atoms. The molecule has 0 spiro atoms. The van der Waals surface area contributed by atoms with E-state index in [1.165, 1.54) is 17.4 Å². The second-order valence-electron chi connectivity index (χ2n) is 5.97. The van der Waals surface area contributed by atoms with Crippen LogP contribution in [-0.2, 0) is 4.79 Å². The maximum absolute atomic E-state index is 12.1. The van der Waals surface area contributed by atoms with Gasteiger partial charge < -0.3 is 4.74 Å². The minimum absolute atomic E-state index is 0.112. The molecule has 3 aromatic rings. The van der Waals surface area contributed by atoms with Crippen molar-refractivity contribution < 1.29 is 9.53 Å². The maximum atomic E-state index is 12.1. The Hall–Kier alpha value is -2.92. The van der Waals surface area contributed by atoms with Crippen molar-refractivity contribution in [2.24, 2.45) is 0 Å². The highest BCUT2D eigenvalue weighted by Crippen LogP contribution is 2.24. The molecule has 0 saturated carbocycles. The van der Waals surface area contributed by atoms with Gasteiger partial charge in [-0.05, 0) is 37.6 Å². The molecule has 0 aliphatic heterocycles. The Morgan fingerprint density at radius 3 is 2.73 bits per heavy atom. The van der Waals surface area contributed by atoms with Crippen LogP contribution in [0.2, 0.25) is 0 Å². The van der Waals surface area contributed by atoms with E-state index in [1.54, 1.807) is 6.08 Å². The summed E-state index contributed by atoms with van der Waals surface area (Å²) in [6.45, 7) is 3.96. The zero-order chi connectivity index (χ0) is 18.4. The van der Waals surface area contributed by atoms with Crippen LogP contribution >= 0.6 is 11.3 Å². The van der Waals surface area contributed by atoms with Crippen molar-refractivity contribution in [2.75, 3.05) is 5.32 Å². The lowest BCUT2D eigenvalue weighted by Crippen LogP contribution is -2.07. The van der Waals surface area contributed by atoms with Crippen LogP contribution in [0.15, 0.2) is 66.1 Å². The van der Waals surface area contributed by atoms with E-state index in [9.17, 15) is 4.79 Å². The summed E-state index contributed by atoms with van der Waals surface area (Å²) in [5, 5.41) is 5.31. The molecule has 0 saturated heterocycles. The van der Waals surface area contributed by atoms with Crippen LogP contribution in [0.4, 0.5) is 5.13 Å². The minimum atomic E-state index is -0.214. The van der Waals surface area contributed by atoms with Gasteiger partial charge in [0.1, 0.15) is 5.75 Å². The average molecular weight is 364 g/mol. The van der Waals surface area contributed by atoms with Crippen molar-refractivity contribution in [1.29, 1.82) is 0 Å². The third kappa shape index (κ3) is 5.04. The fraction of sp³-hybridized carbons (Fsp3) is 0.143. The van der Waals surface area contributed by atoms with Crippen molar-refractivity contribution in [1.82, 2.24) is 4.98 Å². The Bertz CT molecular complexity index is 901. The van der Waals surface area contributed by atoms with Crippen LogP contribution in [0.1, 0.15) is 19.4 Å². The zero-order valence-corrected chi connectivity index (χ0v) is 15.5. The molecule has 3 rings (SSSR count). The number of anilines is 1. The Morgan fingerprint density at radius 1 is 1.15 bits per heavy atom. The summed E-state index contributed by atoms with van der Waals surface area (Å²) in [4.78, 5) is 16.6. The van der Waals surface area contributed by atoms with E-state index in [4.69, 9.17) is 4.74 Å². The quantitative estimate of drug-likeness (QED) is 0.608. The molecular weight excluding hydrogens is 344 g/mol. The monoisotopic (exact) mass is 364 g/mol. The number of nitrogens with one attached hydrogen (secondary N) is 1. The highest BCUT2D eigenvalue weighted by molar-refractivity contribution is 7.14. The molecule has 2 aromatic carbocycles. The molecule has 4 nitrogen and oxygen atoms in total. The molecule has 1 aromatic heterocycles. The summed E-state index contributed by atoms with van der Waals surface area (Å²) in [6.07, 6.45) is 3.37. The number of carbonyl (C=O) groups is 1. The molecule has 1 N–H and O–H groups in total. The van der Waals surface area contributed by atoms with Crippen LogP contribution in [-0.4, -0.2) is 17.0 Å². The maximum Gasteiger partial charge on any atom is 0.250 e. The molecule has 1 heterocycles. The first-order chi connectivity index (χ1) is 12.6. The largest absolute Gasteiger partial charge is 0.491 e. The average Bonchev–Trinajstić information content (AvgIpc) is 3.09. The van der Waals surface area contributed by atoms with Gasteiger partial charge in [-0.2, -0.15) is 0 Å².